The number of ether oxygens (including phenoxy) is 1. The van der Waals surface area contributed by atoms with Gasteiger partial charge in [-0.15, -0.1) is 0 Å². The predicted molar refractivity (Wildman–Crippen MR) is 45.6 cm³/mol. The Bertz CT molecular complexity index is 110. The van der Waals surface area contributed by atoms with E-state index in [1.165, 1.54) is 14.0 Å². The molecule has 0 aromatic rings. The molecule has 12 heavy (non-hydrogen) atoms. The van der Waals surface area contributed by atoms with E-state index in [-0.39, 0.29) is 18.5 Å². The van der Waals surface area contributed by atoms with E-state index in [1.54, 1.807) is 13.8 Å². The first kappa shape index (κ1) is 13.9. The zero-order valence-electron chi connectivity index (χ0n) is 8.07. The maximum absolute atomic E-state index is 10.3. The summed E-state index contributed by atoms with van der Waals surface area (Å²) in [5.41, 5.74) is 0. The number of hydrogen-bond donors (Lipinski definition) is 2. The van der Waals surface area contributed by atoms with Gasteiger partial charge in [-0.1, -0.05) is 13.8 Å². The second-order valence-corrected chi connectivity index (χ2v) is 2.71. The van der Waals surface area contributed by atoms with Crippen LogP contribution in [0.3, 0.4) is 0 Å². The molecule has 0 saturated carbocycles. The number of aliphatic hydroxyl groups is 2. The molecule has 4 nitrogen and oxygen atoms in total. The molecule has 0 rings (SSSR count). The summed E-state index contributed by atoms with van der Waals surface area (Å²) in [5.74, 6) is -0.148. The Hall–Kier alpha value is -0.610. The smallest absolute Gasteiger partial charge is 0.308 e. The predicted octanol–water partition coefficient (Wildman–Crippen LogP) is 0.175. The first-order valence-corrected chi connectivity index (χ1v) is 3.82. The number of carbonyl (C=O) groups is 1. The molecular weight excluding hydrogens is 160 g/mol. The largest absolute Gasteiger partial charge is 0.469 e. The molecule has 0 heterocycles. The van der Waals surface area contributed by atoms with Gasteiger partial charge in [0.2, 0.25) is 0 Å². The van der Waals surface area contributed by atoms with Crippen molar-refractivity contribution >= 4 is 5.97 Å². The highest BCUT2D eigenvalue weighted by Gasteiger charge is 2.03. The van der Waals surface area contributed by atoms with Gasteiger partial charge in [0.15, 0.2) is 0 Å². The van der Waals surface area contributed by atoms with E-state index < -0.39 is 6.10 Å². The quantitative estimate of drug-likeness (QED) is 0.592. The van der Waals surface area contributed by atoms with Crippen LogP contribution in [0, 0.1) is 5.92 Å². The van der Waals surface area contributed by atoms with Crippen LogP contribution < -0.4 is 0 Å². The number of rotatable bonds is 2. The van der Waals surface area contributed by atoms with Crippen molar-refractivity contribution in [2.45, 2.75) is 26.9 Å². The fourth-order valence-electron chi connectivity index (χ4n) is 0.236. The summed E-state index contributed by atoms with van der Waals surface area (Å²) in [6.07, 6.45) is -0.560. The Kier molecular flexibility index (Phi) is 9.86. The van der Waals surface area contributed by atoms with Gasteiger partial charge >= 0.3 is 5.97 Å². The fourth-order valence-corrected chi connectivity index (χ4v) is 0.236. The zero-order chi connectivity index (χ0) is 10.1. The molecular formula is C8H18O4. The molecule has 1 atom stereocenters. The molecule has 0 bridgehead atoms. The normalized spacial score (nSPS) is 11.6. The first-order chi connectivity index (χ1) is 5.45. The average Bonchev–Trinajstić information content (AvgIpc) is 2.04. The highest BCUT2D eigenvalue weighted by Crippen LogP contribution is 1.91. The molecule has 0 aliphatic heterocycles. The topological polar surface area (TPSA) is 66.8 Å². The fraction of sp³-hybridized carbons (Fsp3) is 0.875. The van der Waals surface area contributed by atoms with Gasteiger partial charge in [0.1, 0.15) is 0 Å². The molecule has 0 aliphatic carbocycles. The van der Waals surface area contributed by atoms with Crippen LogP contribution >= 0.6 is 0 Å². The lowest BCUT2D eigenvalue weighted by atomic mass is 10.2. The summed E-state index contributed by atoms with van der Waals surface area (Å²) in [6, 6.07) is 0. The third-order valence-electron chi connectivity index (χ3n) is 0.937. The van der Waals surface area contributed by atoms with E-state index in [2.05, 4.69) is 4.74 Å². The molecule has 4 heteroatoms. The van der Waals surface area contributed by atoms with Crippen molar-refractivity contribution in [3.63, 3.8) is 0 Å². The van der Waals surface area contributed by atoms with Crippen molar-refractivity contribution in [3.05, 3.63) is 0 Å². The molecule has 0 fully saturated rings. The molecule has 0 radical (unpaired) electrons. The molecule has 0 saturated heterocycles. The van der Waals surface area contributed by atoms with Gasteiger partial charge in [-0.25, -0.2) is 0 Å². The van der Waals surface area contributed by atoms with Gasteiger partial charge in [-0.3, -0.25) is 4.79 Å². The molecule has 0 aliphatic rings. The van der Waals surface area contributed by atoms with Crippen molar-refractivity contribution in [2.24, 2.45) is 5.92 Å². The molecule has 0 aromatic heterocycles. The van der Waals surface area contributed by atoms with E-state index in [4.69, 9.17) is 10.2 Å². The average molecular weight is 178 g/mol. The summed E-state index contributed by atoms with van der Waals surface area (Å²) in [7, 11) is 1.39. The molecule has 0 aromatic carbocycles. The van der Waals surface area contributed by atoms with Crippen LogP contribution in [0.5, 0.6) is 0 Å². The highest BCUT2D eigenvalue weighted by molar-refractivity contribution is 5.71. The standard InChI is InChI=1S/C5H10O2.C3H8O2/c1-4(2)5(6)7-3;1-3(5)2-4/h4H,1-3H3;3-5H,2H2,1H3. The van der Waals surface area contributed by atoms with Crippen molar-refractivity contribution in [3.8, 4) is 0 Å². The maximum Gasteiger partial charge on any atom is 0.308 e. The van der Waals surface area contributed by atoms with Gasteiger partial charge in [-0.05, 0) is 6.92 Å². The van der Waals surface area contributed by atoms with Crippen molar-refractivity contribution in [1.29, 1.82) is 0 Å². The second-order valence-electron chi connectivity index (χ2n) is 2.71. The van der Waals surface area contributed by atoms with Gasteiger partial charge in [0.05, 0.1) is 25.7 Å². The number of carbonyl (C=O) groups excluding carboxylic acids is 1. The van der Waals surface area contributed by atoms with Crippen LogP contribution in [0.4, 0.5) is 0 Å². The number of hydrogen-bond acceptors (Lipinski definition) is 4. The minimum absolute atomic E-state index is 0.00463. The number of esters is 1. The number of methoxy groups -OCH3 is 1. The summed E-state index contributed by atoms with van der Waals surface area (Å²) >= 11 is 0. The van der Waals surface area contributed by atoms with Crippen molar-refractivity contribution in [2.75, 3.05) is 13.7 Å². The van der Waals surface area contributed by atoms with Gasteiger partial charge in [-0.2, -0.15) is 0 Å². The minimum atomic E-state index is -0.560. The van der Waals surface area contributed by atoms with E-state index in [0.717, 1.165) is 0 Å². The zero-order valence-corrected chi connectivity index (χ0v) is 8.07. The van der Waals surface area contributed by atoms with Crippen LogP contribution in [0.2, 0.25) is 0 Å². The second kappa shape index (κ2) is 8.49. The van der Waals surface area contributed by atoms with Gasteiger partial charge in [0, 0.05) is 0 Å². The molecule has 1 unspecified atom stereocenters. The maximum atomic E-state index is 10.3. The minimum Gasteiger partial charge on any atom is -0.469 e. The summed E-state index contributed by atoms with van der Waals surface area (Å²) in [6.45, 7) is 4.98. The van der Waals surface area contributed by atoms with E-state index in [1.807, 2.05) is 0 Å². The van der Waals surface area contributed by atoms with Crippen LogP contribution in [0.1, 0.15) is 20.8 Å². The number of aliphatic hydroxyl groups excluding tert-OH is 2. The molecule has 2 N–H and O–H groups in total. The van der Waals surface area contributed by atoms with Crippen molar-refractivity contribution in [1.82, 2.24) is 0 Å². The van der Waals surface area contributed by atoms with E-state index in [0.29, 0.717) is 0 Å². The van der Waals surface area contributed by atoms with Crippen LogP contribution in [-0.4, -0.2) is 36.0 Å². The Morgan fingerprint density at radius 2 is 1.75 bits per heavy atom. The van der Waals surface area contributed by atoms with Crippen LogP contribution in [0.15, 0.2) is 0 Å². The Morgan fingerprint density at radius 3 is 1.75 bits per heavy atom. The molecule has 74 valence electrons. The van der Waals surface area contributed by atoms with Crippen molar-refractivity contribution < 1.29 is 19.7 Å². The third kappa shape index (κ3) is 12.1. The Balaban J connectivity index is 0. The monoisotopic (exact) mass is 178 g/mol. The summed E-state index contributed by atoms with van der Waals surface area (Å²) < 4.78 is 4.37. The first-order valence-electron chi connectivity index (χ1n) is 3.82. The lowest BCUT2D eigenvalue weighted by Gasteiger charge is -1.97. The Morgan fingerprint density at radius 1 is 1.42 bits per heavy atom. The van der Waals surface area contributed by atoms with Gasteiger partial charge < -0.3 is 14.9 Å². The molecule has 0 spiro atoms. The molecule has 0 amide bonds. The highest BCUT2D eigenvalue weighted by atomic mass is 16.5. The lowest BCUT2D eigenvalue weighted by molar-refractivity contribution is -0.144. The van der Waals surface area contributed by atoms with E-state index >= 15 is 0 Å². The summed E-state index contributed by atoms with van der Waals surface area (Å²) in [5, 5.41) is 16.0. The van der Waals surface area contributed by atoms with Gasteiger partial charge in [0.25, 0.3) is 0 Å². The lowest BCUT2D eigenvalue weighted by Crippen LogP contribution is -2.07. The van der Waals surface area contributed by atoms with Crippen LogP contribution in [0.25, 0.3) is 0 Å². The summed E-state index contributed by atoms with van der Waals surface area (Å²) in [4.78, 5) is 10.3. The third-order valence-corrected chi connectivity index (χ3v) is 0.937. The Labute approximate surface area is 73.2 Å². The van der Waals surface area contributed by atoms with Crippen LogP contribution in [-0.2, 0) is 9.53 Å². The SMILES string of the molecule is CC(O)CO.COC(=O)C(C)C. The van der Waals surface area contributed by atoms with E-state index in [9.17, 15) is 4.79 Å².